The van der Waals surface area contributed by atoms with Crippen LogP contribution in [0.5, 0.6) is 0 Å². The van der Waals surface area contributed by atoms with E-state index < -0.39 is 16.9 Å². The van der Waals surface area contributed by atoms with Crippen LogP contribution in [-0.4, -0.2) is 35.2 Å². The van der Waals surface area contributed by atoms with Gasteiger partial charge in [-0.05, 0) is 30.3 Å². The number of nitrogens with one attached hydrogen (secondary N) is 1. The number of carbonyl (C=O) groups is 2. The third-order valence-corrected chi connectivity index (χ3v) is 9.02. The van der Waals surface area contributed by atoms with E-state index in [4.69, 9.17) is 0 Å². The van der Waals surface area contributed by atoms with E-state index in [2.05, 4.69) is 11.1 Å². The molecule has 2 aliphatic rings. The van der Waals surface area contributed by atoms with E-state index in [1.54, 1.807) is 11.1 Å². The Morgan fingerprint density at radius 2 is 1.59 bits per heavy atom. The number of anilines is 1. The summed E-state index contributed by atoms with van der Waals surface area (Å²) >= 11 is 0. The van der Waals surface area contributed by atoms with Gasteiger partial charge in [-0.25, -0.2) is 0 Å². The number of para-hydroxylation sites is 2. The molecule has 1 saturated heterocycles. The normalized spacial score (nSPS) is 23.7. The SMILES string of the molecule is CN1CC(c2ccccc2)C(C#N)(C(=O)c2c[nH]c3ccccc23)[C@]12C(=O)N(Cc1ccccc1)c1ccccc12. The highest BCUT2D eigenvalue weighted by atomic mass is 16.2. The lowest BCUT2D eigenvalue weighted by Gasteiger charge is -2.41. The van der Waals surface area contributed by atoms with E-state index in [0.29, 0.717) is 24.2 Å². The summed E-state index contributed by atoms with van der Waals surface area (Å²) in [5.74, 6) is -1.15. The zero-order chi connectivity index (χ0) is 28.2. The second-order valence-electron chi connectivity index (χ2n) is 10.9. The van der Waals surface area contributed by atoms with Crippen molar-refractivity contribution in [2.45, 2.75) is 18.0 Å². The molecule has 1 fully saturated rings. The first-order valence-electron chi connectivity index (χ1n) is 13.8. The molecule has 0 radical (unpaired) electrons. The molecule has 7 rings (SSSR count). The zero-order valence-corrected chi connectivity index (χ0v) is 22.6. The summed E-state index contributed by atoms with van der Waals surface area (Å²) < 4.78 is 0. The van der Waals surface area contributed by atoms with Crippen molar-refractivity contribution in [3.05, 3.63) is 138 Å². The molecule has 6 nitrogen and oxygen atoms in total. The van der Waals surface area contributed by atoms with Gasteiger partial charge in [-0.3, -0.25) is 14.5 Å². The Labute approximate surface area is 238 Å². The molecular weight excluding hydrogens is 508 g/mol. The van der Waals surface area contributed by atoms with Crippen molar-refractivity contribution < 1.29 is 9.59 Å². The first-order chi connectivity index (χ1) is 20.0. The summed E-state index contributed by atoms with van der Waals surface area (Å²) in [6.45, 7) is 0.704. The Morgan fingerprint density at radius 1 is 0.927 bits per heavy atom. The Kier molecular flexibility index (Phi) is 5.67. The van der Waals surface area contributed by atoms with E-state index in [1.165, 1.54) is 0 Å². The van der Waals surface area contributed by atoms with E-state index in [1.807, 2.05) is 121 Å². The number of fused-ring (bicyclic) bond motifs is 3. The lowest BCUT2D eigenvalue weighted by Crippen LogP contribution is -2.59. The van der Waals surface area contributed by atoms with Crippen LogP contribution in [0.15, 0.2) is 115 Å². The molecule has 5 aromatic rings. The minimum atomic E-state index is -1.74. The fraction of sp³-hybridized carbons (Fsp3) is 0.171. The van der Waals surface area contributed by atoms with Crippen LogP contribution in [0, 0.1) is 16.7 Å². The number of ketones is 1. The number of benzene rings is 4. The highest BCUT2D eigenvalue weighted by molar-refractivity contribution is 6.19. The number of H-pyrrole nitrogens is 1. The van der Waals surface area contributed by atoms with Gasteiger partial charge in [0.15, 0.2) is 16.7 Å². The molecule has 3 atom stereocenters. The van der Waals surface area contributed by atoms with Crippen LogP contribution in [0.25, 0.3) is 10.9 Å². The smallest absolute Gasteiger partial charge is 0.254 e. The van der Waals surface area contributed by atoms with E-state index in [0.717, 1.165) is 27.7 Å². The van der Waals surface area contributed by atoms with Gasteiger partial charge in [-0.15, -0.1) is 0 Å². The minimum absolute atomic E-state index is 0.252. The van der Waals surface area contributed by atoms with Crippen LogP contribution in [0.2, 0.25) is 0 Å². The number of carbonyl (C=O) groups excluding carboxylic acids is 2. The third-order valence-electron chi connectivity index (χ3n) is 9.02. The average Bonchev–Trinajstić information content (AvgIpc) is 3.65. The van der Waals surface area contributed by atoms with Crippen LogP contribution in [-0.2, 0) is 16.9 Å². The fourth-order valence-corrected chi connectivity index (χ4v) is 7.25. The predicted octanol–water partition coefficient (Wildman–Crippen LogP) is 6.03. The molecule has 0 saturated carbocycles. The predicted molar refractivity (Wildman–Crippen MR) is 158 cm³/mol. The van der Waals surface area contributed by atoms with Crippen LogP contribution >= 0.6 is 0 Å². The van der Waals surface area contributed by atoms with Gasteiger partial charge < -0.3 is 9.88 Å². The number of Topliss-reactive ketones (excluding diaryl/α,β-unsaturated/α-hetero) is 1. The molecule has 6 heteroatoms. The largest absolute Gasteiger partial charge is 0.360 e. The van der Waals surface area contributed by atoms with Gasteiger partial charge in [0.1, 0.15) is 0 Å². The molecule has 4 aromatic carbocycles. The Hall–Kier alpha value is -4.99. The maximum absolute atomic E-state index is 15.1. The Balaban J connectivity index is 1.51. The highest BCUT2D eigenvalue weighted by Gasteiger charge is 2.75. The van der Waals surface area contributed by atoms with E-state index in [-0.39, 0.29) is 11.7 Å². The first kappa shape index (κ1) is 25.0. The number of rotatable bonds is 5. The number of amides is 1. The number of likely N-dealkylation sites (tertiary alicyclic amines) is 1. The summed E-state index contributed by atoms with van der Waals surface area (Å²) in [4.78, 5) is 37.1. The maximum Gasteiger partial charge on any atom is 0.254 e. The molecule has 1 amide bonds. The number of hydrogen-bond acceptors (Lipinski definition) is 4. The number of hydrogen-bond donors (Lipinski definition) is 1. The number of aromatic amines is 1. The van der Waals surface area contributed by atoms with Gasteiger partial charge in [-0.1, -0.05) is 97.1 Å². The Bertz CT molecular complexity index is 1840. The number of likely N-dealkylation sites (N-methyl/N-ethyl adjacent to an activating group) is 1. The fourth-order valence-electron chi connectivity index (χ4n) is 7.25. The van der Waals surface area contributed by atoms with Gasteiger partial charge in [-0.2, -0.15) is 5.26 Å². The summed E-state index contributed by atoms with van der Waals surface area (Å²) in [6, 6.07) is 37.3. The molecule has 3 heterocycles. The molecule has 2 unspecified atom stereocenters. The summed E-state index contributed by atoms with van der Waals surface area (Å²) in [5, 5.41) is 12.1. The van der Waals surface area contributed by atoms with Crippen molar-refractivity contribution in [2.75, 3.05) is 18.5 Å². The lowest BCUT2D eigenvalue weighted by molar-refractivity contribution is -0.131. The monoisotopic (exact) mass is 536 g/mol. The van der Waals surface area contributed by atoms with Gasteiger partial charge in [0.05, 0.1) is 12.6 Å². The zero-order valence-electron chi connectivity index (χ0n) is 22.6. The molecule has 1 spiro atoms. The van der Waals surface area contributed by atoms with E-state index in [9.17, 15) is 5.26 Å². The van der Waals surface area contributed by atoms with Crippen molar-refractivity contribution in [1.82, 2.24) is 9.88 Å². The molecule has 1 N–H and O–H groups in total. The molecule has 1 aromatic heterocycles. The molecule has 200 valence electrons. The highest BCUT2D eigenvalue weighted by Crippen LogP contribution is 2.64. The first-order valence-corrected chi connectivity index (χ1v) is 13.8. The molecule has 2 aliphatic heterocycles. The molecular formula is C35H28N4O2. The minimum Gasteiger partial charge on any atom is -0.360 e. The lowest BCUT2D eigenvalue weighted by atomic mass is 9.58. The van der Waals surface area contributed by atoms with Gasteiger partial charge in [0, 0.05) is 46.4 Å². The van der Waals surface area contributed by atoms with Gasteiger partial charge >= 0.3 is 0 Å². The molecule has 41 heavy (non-hydrogen) atoms. The molecule has 0 bridgehead atoms. The molecule has 0 aliphatic carbocycles. The van der Waals surface area contributed by atoms with Crippen molar-refractivity contribution in [3.8, 4) is 6.07 Å². The number of nitrogens with zero attached hydrogens (tertiary/aromatic N) is 3. The van der Waals surface area contributed by atoms with Gasteiger partial charge in [0.2, 0.25) is 0 Å². The maximum atomic E-state index is 15.1. The topological polar surface area (TPSA) is 80.2 Å². The van der Waals surface area contributed by atoms with Crippen LogP contribution in [0.4, 0.5) is 5.69 Å². The van der Waals surface area contributed by atoms with Gasteiger partial charge in [0.25, 0.3) is 5.91 Å². The summed E-state index contributed by atoms with van der Waals surface area (Å²) in [7, 11) is 1.87. The average molecular weight is 537 g/mol. The summed E-state index contributed by atoms with van der Waals surface area (Å²) in [6.07, 6.45) is 1.69. The Morgan fingerprint density at radius 3 is 2.34 bits per heavy atom. The quantitative estimate of drug-likeness (QED) is 0.278. The van der Waals surface area contributed by atoms with E-state index >= 15 is 9.59 Å². The summed E-state index contributed by atoms with van der Waals surface area (Å²) in [5.41, 5.74) is 1.21. The van der Waals surface area contributed by atoms with Crippen molar-refractivity contribution in [2.24, 2.45) is 5.41 Å². The van der Waals surface area contributed by atoms with Crippen LogP contribution in [0.1, 0.15) is 33.0 Å². The van der Waals surface area contributed by atoms with Crippen molar-refractivity contribution in [1.29, 1.82) is 5.26 Å². The second kappa shape index (κ2) is 9.29. The van der Waals surface area contributed by atoms with Crippen molar-refractivity contribution in [3.63, 3.8) is 0 Å². The standard InChI is InChI=1S/C35H28N4O2/c1-38-22-29(25-14-6-3-7-15-25)34(23-36,32(40)27-20-37-30-18-10-8-16-26(27)30)35(38)28-17-9-11-19-31(28)39(33(35)41)21-24-12-4-2-5-13-24/h2-20,29,37H,21-22H2,1H3/t29?,34?,35-/m0/s1. The number of nitriles is 1. The van der Waals surface area contributed by atoms with Crippen LogP contribution < -0.4 is 4.90 Å². The van der Waals surface area contributed by atoms with Crippen molar-refractivity contribution >= 4 is 28.3 Å². The third kappa shape index (κ3) is 3.27. The number of aromatic nitrogens is 1. The van der Waals surface area contributed by atoms with Crippen LogP contribution in [0.3, 0.4) is 0 Å². The second-order valence-corrected chi connectivity index (χ2v) is 10.9.